The van der Waals surface area contributed by atoms with Crippen molar-refractivity contribution >= 4 is 5.91 Å². The van der Waals surface area contributed by atoms with Gasteiger partial charge < -0.3 is 4.90 Å². The van der Waals surface area contributed by atoms with Gasteiger partial charge in [-0.3, -0.25) is 4.79 Å². The number of fused-ring (bicyclic) bond motifs is 1. The summed E-state index contributed by atoms with van der Waals surface area (Å²) in [7, 11) is 0. The van der Waals surface area contributed by atoms with Gasteiger partial charge in [-0.15, -0.1) is 0 Å². The summed E-state index contributed by atoms with van der Waals surface area (Å²) in [5.74, 6) is 0.170. The van der Waals surface area contributed by atoms with Crippen LogP contribution in [0.4, 0.5) is 0 Å². The van der Waals surface area contributed by atoms with Crippen LogP contribution in [0.25, 0.3) is 0 Å². The van der Waals surface area contributed by atoms with E-state index in [0.29, 0.717) is 6.42 Å². The lowest BCUT2D eigenvalue weighted by Crippen LogP contribution is -2.38. The lowest BCUT2D eigenvalue weighted by molar-refractivity contribution is -0.128. The maximum Gasteiger partial charge on any atom is 0.223 e. The first-order valence-electron chi connectivity index (χ1n) is 4.00. The van der Waals surface area contributed by atoms with Crippen molar-refractivity contribution in [3.05, 3.63) is 0 Å². The van der Waals surface area contributed by atoms with Gasteiger partial charge >= 0.3 is 0 Å². The van der Waals surface area contributed by atoms with Crippen molar-refractivity contribution in [2.45, 2.75) is 31.2 Å². The number of amides is 1. The fourth-order valence-corrected chi connectivity index (χ4v) is 2.12. The highest BCUT2D eigenvalue weighted by atomic mass is 16.2. The van der Waals surface area contributed by atoms with Crippen molar-refractivity contribution in [1.82, 2.24) is 4.90 Å². The predicted octanol–water partition coefficient (Wildman–Crippen LogP) is 0.665. The van der Waals surface area contributed by atoms with Crippen LogP contribution in [-0.4, -0.2) is 22.9 Å². The van der Waals surface area contributed by atoms with Crippen LogP contribution in [0.5, 0.6) is 0 Å². The lowest BCUT2D eigenvalue weighted by atomic mass is 9.96. The zero-order valence-electron chi connectivity index (χ0n) is 6.34. The largest absolute Gasteiger partial charge is 0.324 e. The molecule has 2 aliphatic rings. The topological polar surface area (TPSA) is 44.1 Å². The van der Waals surface area contributed by atoms with E-state index in [4.69, 9.17) is 5.26 Å². The monoisotopic (exact) mass is 150 g/mol. The quantitative estimate of drug-likeness (QED) is 0.509. The zero-order valence-corrected chi connectivity index (χ0v) is 6.34. The minimum absolute atomic E-state index is 0.170. The number of carbonyl (C=O) groups excluding carboxylic acids is 1. The van der Waals surface area contributed by atoms with Gasteiger partial charge in [-0.25, -0.2) is 0 Å². The van der Waals surface area contributed by atoms with Crippen LogP contribution in [0, 0.1) is 11.3 Å². The molecular formula is C8H10N2O. The van der Waals surface area contributed by atoms with Crippen molar-refractivity contribution in [2.24, 2.45) is 0 Å². The second kappa shape index (κ2) is 1.97. The van der Waals surface area contributed by atoms with Gasteiger partial charge in [0.2, 0.25) is 5.91 Å². The summed E-state index contributed by atoms with van der Waals surface area (Å²) in [5.41, 5.74) is -0.392. The van der Waals surface area contributed by atoms with Gasteiger partial charge in [0.1, 0.15) is 5.54 Å². The molecule has 0 aromatic rings. The normalized spacial score (nSPS) is 35.5. The van der Waals surface area contributed by atoms with Gasteiger partial charge in [-0.05, 0) is 19.3 Å². The highest BCUT2D eigenvalue weighted by Gasteiger charge is 2.48. The molecule has 0 aliphatic carbocycles. The third kappa shape index (κ3) is 0.697. The molecular weight excluding hydrogens is 140 g/mol. The van der Waals surface area contributed by atoms with E-state index < -0.39 is 5.54 Å². The number of nitrogens with zero attached hydrogens (tertiary/aromatic N) is 2. The van der Waals surface area contributed by atoms with Crippen molar-refractivity contribution in [1.29, 1.82) is 5.26 Å². The third-order valence-corrected chi connectivity index (χ3v) is 2.75. The zero-order chi connectivity index (χ0) is 7.90. The van der Waals surface area contributed by atoms with Gasteiger partial charge in [-0.1, -0.05) is 0 Å². The first kappa shape index (κ1) is 6.66. The van der Waals surface area contributed by atoms with Gasteiger partial charge in [0.25, 0.3) is 0 Å². The van der Waals surface area contributed by atoms with Crippen LogP contribution < -0.4 is 0 Å². The fourth-order valence-electron chi connectivity index (χ4n) is 2.12. The maximum absolute atomic E-state index is 11.2. The molecule has 0 spiro atoms. The second-order valence-corrected chi connectivity index (χ2v) is 3.29. The Morgan fingerprint density at radius 3 is 3.00 bits per heavy atom. The Balaban J connectivity index is 2.34. The van der Waals surface area contributed by atoms with Crippen LogP contribution in [0.3, 0.4) is 0 Å². The maximum atomic E-state index is 11.2. The van der Waals surface area contributed by atoms with Crippen molar-refractivity contribution < 1.29 is 4.79 Å². The summed E-state index contributed by atoms with van der Waals surface area (Å²) < 4.78 is 0. The second-order valence-electron chi connectivity index (χ2n) is 3.29. The molecule has 0 radical (unpaired) electrons. The van der Waals surface area contributed by atoms with Crippen LogP contribution >= 0.6 is 0 Å². The SMILES string of the molecule is N#CC12CCCN1C(=O)CC2. The third-order valence-electron chi connectivity index (χ3n) is 2.75. The number of carbonyl (C=O) groups is 1. The number of hydrogen-bond donors (Lipinski definition) is 0. The van der Waals surface area contributed by atoms with Gasteiger partial charge in [0.15, 0.2) is 0 Å². The van der Waals surface area contributed by atoms with Gasteiger partial charge in [0.05, 0.1) is 6.07 Å². The first-order chi connectivity index (χ1) is 5.28. The highest BCUT2D eigenvalue weighted by molar-refractivity contribution is 5.81. The fraction of sp³-hybridized carbons (Fsp3) is 0.750. The lowest BCUT2D eigenvalue weighted by Gasteiger charge is -2.23. The molecule has 1 atom stereocenters. The molecule has 1 unspecified atom stereocenters. The Labute approximate surface area is 65.6 Å². The molecule has 2 fully saturated rings. The van der Waals surface area contributed by atoms with E-state index >= 15 is 0 Å². The van der Waals surface area contributed by atoms with E-state index in [9.17, 15) is 4.79 Å². The average molecular weight is 150 g/mol. The Morgan fingerprint density at radius 1 is 1.55 bits per heavy atom. The van der Waals surface area contributed by atoms with Crippen molar-refractivity contribution in [3.63, 3.8) is 0 Å². The van der Waals surface area contributed by atoms with Crippen molar-refractivity contribution in [2.75, 3.05) is 6.54 Å². The molecule has 2 saturated heterocycles. The number of nitriles is 1. The Bertz CT molecular complexity index is 243. The Kier molecular flexibility index (Phi) is 1.19. The molecule has 2 heterocycles. The van der Waals surface area contributed by atoms with E-state index in [1.165, 1.54) is 0 Å². The van der Waals surface area contributed by atoms with E-state index in [1.807, 2.05) is 0 Å². The molecule has 0 saturated carbocycles. The van der Waals surface area contributed by atoms with E-state index in [-0.39, 0.29) is 5.91 Å². The van der Waals surface area contributed by atoms with Crippen LogP contribution in [0.15, 0.2) is 0 Å². The predicted molar refractivity (Wildman–Crippen MR) is 38.5 cm³/mol. The molecule has 2 aliphatic heterocycles. The molecule has 0 aromatic carbocycles. The smallest absolute Gasteiger partial charge is 0.223 e. The minimum atomic E-state index is -0.392. The van der Waals surface area contributed by atoms with Gasteiger partial charge in [0, 0.05) is 13.0 Å². The minimum Gasteiger partial charge on any atom is -0.324 e. The Hall–Kier alpha value is -1.04. The van der Waals surface area contributed by atoms with E-state index in [0.717, 1.165) is 25.8 Å². The number of rotatable bonds is 0. The Morgan fingerprint density at radius 2 is 2.36 bits per heavy atom. The molecule has 3 heteroatoms. The van der Waals surface area contributed by atoms with Gasteiger partial charge in [-0.2, -0.15) is 5.26 Å². The standard InChI is InChI=1S/C8H10N2O/c9-6-8-3-1-5-10(8)7(11)2-4-8/h1-5H2. The molecule has 0 aromatic heterocycles. The van der Waals surface area contributed by atoms with Crippen LogP contribution in [-0.2, 0) is 4.79 Å². The summed E-state index contributed by atoms with van der Waals surface area (Å²) in [5, 5.41) is 8.90. The molecule has 58 valence electrons. The summed E-state index contributed by atoms with van der Waals surface area (Å²) >= 11 is 0. The summed E-state index contributed by atoms with van der Waals surface area (Å²) in [4.78, 5) is 13.0. The van der Waals surface area contributed by atoms with Crippen LogP contribution in [0.2, 0.25) is 0 Å². The molecule has 0 bridgehead atoms. The van der Waals surface area contributed by atoms with E-state index in [2.05, 4.69) is 6.07 Å². The molecule has 1 amide bonds. The summed E-state index contributed by atoms with van der Waals surface area (Å²) in [6, 6.07) is 2.27. The van der Waals surface area contributed by atoms with Crippen molar-refractivity contribution in [3.8, 4) is 6.07 Å². The molecule has 3 nitrogen and oxygen atoms in total. The van der Waals surface area contributed by atoms with E-state index in [1.54, 1.807) is 4.90 Å². The highest BCUT2D eigenvalue weighted by Crippen LogP contribution is 2.38. The molecule has 2 rings (SSSR count). The summed E-state index contributed by atoms with van der Waals surface area (Å²) in [6.45, 7) is 0.798. The average Bonchev–Trinajstić information content (AvgIpc) is 2.53. The van der Waals surface area contributed by atoms with Crippen LogP contribution in [0.1, 0.15) is 25.7 Å². The molecule has 0 N–H and O–H groups in total. The number of hydrogen-bond acceptors (Lipinski definition) is 2. The summed E-state index contributed by atoms with van der Waals surface area (Å²) in [6.07, 6.45) is 3.21. The molecule has 11 heavy (non-hydrogen) atoms. The first-order valence-corrected chi connectivity index (χ1v) is 4.00.